The van der Waals surface area contributed by atoms with Crippen LogP contribution in [-0.2, 0) is 45.4 Å². The van der Waals surface area contributed by atoms with Crippen molar-refractivity contribution in [3.63, 3.8) is 0 Å². The van der Waals surface area contributed by atoms with Crippen LogP contribution in [-0.4, -0.2) is 25.1 Å². The summed E-state index contributed by atoms with van der Waals surface area (Å²) in [5.74, 6) is 0.315. The Hall–Kier alpha value is -0.437. The summed E-state index contributed by atoms with van der Waals surface area (Å²) < 4.78 is 0. The van der Waals surface area contributed by atoms with E-state index in [-0.39, 0.29) is 49.9 Å². The molecular weight excluding hydrogens is 347 g/mol. The summed E-state index contributed by atoms with van der Waals surface area (Å²) in [6.07, 6.45) is 7.11. The molecule has 0 amide bonds. The molecule has 0 heterocycles. The molecule has 0 aliphatic carbocycles. The molecule has 0 saturated heterocycles. The molecule has 0 spiro atoms. The molecule has 0 radical (unpaired) electrons. The van der Waals surface area contributed by atoms with E-state index in [0.717, 1.165) is 0 Å². The minimum atomic E-state index is 0. The molecule has 0 aromatic rings. The summed E-state index contributed by atoms with van der Waals surface area (Å²) in [6.45, 7) is 14.4. The molecule has 0 saturated carbocycles. The first-order valence-electron chi connectivity index (χ1n) is 6.59. The van der Waals surface area contributed by atoms with E-state index in [1.807, 2.05) is 0 Å². The molecule has 0 unspecified atom stereocenters. The molecule has 120 valence electrons. The van der Waals surface area contributed by atoms with Crippen LogP contribution in [0.4, 0.5) is 0 Å². The van der Waals surface area contributed by atoms with E-state index in [1.54, 1.807) is 80.5 Å². The molecule has 0 fully saturated rings. The van der Waals surface area contributed by atoms with Gasteiger partial charge in [-0.1, -0.05) is 55.4 Å². The quantitative estimate of drug-likeness (QED) is 0.708. The van der Waals surface area contributed by atoms with Crippen LogP contribution in [0.3, 0.4) is 0 Å². The van der Waals surface area contributed by atoms with Gasteiger partial charge in [0.15, 0.2) is 0 Å². The van der Waals surface area contributed by atoms with Crippen LogP contribution in [0.5, 0.6) is 0 Å². The number of rotatable bonds is 4. The second kappa shape index (κ2) is 27.8. The molecule has 0 aromatic heterocycles. The van der Waals surface area contributed by atoms with Gasteiger partial charge in [-0.25, -0.2) is 0 Å². The van der Waals surface area contributed by atoms with Crippen LogP contribution in [0.25, 0.3) is 0 Å². The van der Waals surface area contributed by atoms with Crippen LogP contribution in [0.1, 0.15) is 55.4 Å². The van der Waals surface area contributed by atoms with Crippen LogP contribution in [0.2, 0.25) is 0 Å². The maximum Gasteiger partial charge on any atom is 4.00 e. The van der Waals surface area contributed by atoms with Gasteiger partial charge in [-0.15, -0.1) is 23.7 Å². The van der Waals surface area contributed by atoms with E-state index in [4.69, 9.17) is 0 Å². The average Bonchev–Trinajstić information content (AvgIpc) is 2.40. The van der Waals surface area contributed by atoms with E-state index in [1.165, 1.54) is 0 Å². The number of hydrogen-bond acceptors (Lipinski definition) is 4. The van der Waals surface area contributed by atoms with Gasteiger partial charge >= 0.3 is 26.2 Å². The summed E-state index contributed by atoms with van der Waals surface area (Å²) in [5, 5.41) is 0. The molecule has 0 aromatic carbocycles. The molecular formula is C16H28O4Zr. The third kappa shape index (κ3) is 105. The molecule has 5 heteroatoms. The minimum Gasteiger partial charge on any atom is -0.542 e. The van der Waals surface area contributed by atoms with Gasteiger partial charge < -0.3 is 19.2 Å². The topological polar surface area (TPSA) is 68.3 Å². The predicted octanol–water partition coefficient (Wildman–Crippen LogP) is 3.01. The van der Waals surface area contributed by atoms with Crippen molar-refractivity contribution in [3.8, 4) is 0 Å². The fourth-order valence-electron chi connectivity index (χ4n) is 0. The third-order valence-corrected chi connectivity index (χ3v) is 0.943. The van der Waals surface area contributed by atoms with Gasteiger partial charge in [0.2, 0.25) is 0 Å². The second-order valence-corrected chi connectivity index (χ2v) is 5.09. The first-order chi connectivity index (χ1) is 9.08. The van der Waals surface area contributed by atoms with Gasteiger partial charge in [-0.3, -0.25) is 25.1 Å². The summed E-state index contributed by atoms with van der Waals surface area (Å²) >= 11 is 0. The summed E-state index contributed by atoms with van der Waals surface area (Å²) in [5.41, 5.74) is 0. The van der Waals surface area contributed by atoms with Gasteiger partial charge in [-0.05, 0) is 0 Å². The fraction of sp³-hybridized carbons (Fsp3) is 0.750. The van der Waals surface area contributed by atoms with Crippen molar-refractivity contribution in [2.75, 3.05) is 0 Å². The van der Waals surface area contributed by atoms with Gasteiger partial charge in [0.1, 0.15) is 0 Å². The smallest absolute Gasteiger partial charge is 0.542 e. The Morgan fingerprint density at radius 2 is 0.476 bits per heavy atom. The number of hydrogen-bond donors (Lipinski definition) is 0. The van der Waals surface area contributed by atoms with E-state index in [9.17, 15) is 19.2 Å². The normalized spacial score (nSPS) is 8.19. The van der Waals surface area contributed by atoms with Crippen LogP contribution in [0.15, 0.2) is 0 Å². The zero-order chi connectivity index (χ0) is 17.1. The maximum absolute atomic E-state index is 9.38. The fourth-order valence-corrected chi connectivity index (χ4v) is 0. The summed E-state index contributed by atoms with van der Waals surface area (Å²) in [7, 11) is 0. The Morgan fingerprint density at radius 1 is 0.429 bits per heavy atom. The van der Waals surface area contributed by atoms with Crippen LogP contribution in [0, 0.1) is 23.7 Å². The molecule has 0 aliphatic rings. The average molecular weight is 376 g/mol. The standard InChI is InChI=1S/4C4H7O.Zr/c4*1-4(2)3-5;/h4*4H,1-2H3;/q4*-1;+4. The molecule has 21 heavy (non-hydrogen) atoms. The van der Waals surface area contributed by atoms with Crippen molar-refractivity contribution in [3.05, 3.63) is 0 Å². The zero-order valence-electron chi connectivity index (χ0n) is 14.4. The van der Waals surface area contributed by atoms with Crippen molar-refractivity contribution in [1.29, 1.82) is 0 Å². The number of carbonyl (C=O) groups excluding carboxylic acids is 4. The van der Waals surface area contributed by atoms with E-state index in [2.05, 4.69) is 0 Å². The largest absolute Gasteiger partial charge is 4.00 e. The van der Waals surface area contributed by atoms with Gasteiger partial charge in [0.05, 0.1) is 0 Å². The minimum absolute atomic E-state index is 0. The van der Waals surface area contributed by atoms with Crippen molar-refractivity contribution >= 4 is 25.1 Å². The van der Waals surface area contributed by atoms with Crippen LogP contribution >= 0.6 is 0 Å². The van der Waals surface area contributed by atoms with Crippen molar-refractivity contribution in [2.24, 2.45) is 23.7 Å². The van der Waals surface area contributed by atoms with E-state index in [0.29, 0.717) is 0 Å². The molecule has 0 atom stereocenters. The summed E-state index contributed by atoms with van der Waals surface area (Å²) in [6, 6.07) is 0. The molecule has 0 rings (SSSR count). The Balaban J connectivity index is -0.0000000533. The monoisotopic (exact) mass is 374 g/mol. The van der Waals surface area contributed by atoms with Crippen molar-refractivity contribution < 1.29 is 45.4 Å². The molecule has 4 nitrogen and oxygen atoms in total. The van der Waals surface area contributed by atoms with E-state index < -0.39 is 0 Å². The zero-order valence-corrected chi connectivity index (χ0v) is 16.9. The Morgan fingerprint density at radius 3 is 0.476 bits per heavy atom. The van der Waals surface area contributed by atoms with Gasteiger partial charge in [0, 0.05) is 0 Å². The summed E-state index contributed by atoms with van der Waals surface area (Å²) in [4.78, 5) is 37.5. The Kier molecular flexibility index (Phi) is 43.1. The van der Waals surface area contributed by atoms with Crippen molar-refractivity contribution in [1.82, 2.24) is 0 Å². The maximum atomic E-state index is 9.38. The van der Waals surface area contributed by atoms with Gasteiger partial charge in [0.25, 0.3) is 0 Å². The Bertz CT molecular complexity index is 176. The molecule has 0 aliphatic heterocycles. The first-order valence-corrected chi connectivity index (χ1v) is 6.59. The molecule has 0 bridgehead atoms. The van der Waals surface area contributed by atoms with Gasteiger partial charge in [-0.2, -0.15) is 0 Å². The first kappa shape index (κ1) is 32.5. The van der Waals surface area contributed by atoms with E-state index >= 15 is 0 Å². The molecule has 0 N–H and O–H groups in total. The van der Waals surface area contributed by atoms with Crippen molar-refractivity contribution in [2.45, 2.75) is 55.4 Å². The third-order valence-electron chi connectivity index (χ3n) is 0.943. The van der Waals surface area contributed by atoms with Crippen LogP contribution < -0.4 is 0 Å². The Labute approximate surface area is 149 Å². The predicted molar refractivity (Wildman–Crippen MR) is 82.1 cm³/mol. The SMILES string of the molecule is CC(C)[C-]=O.CC(C)[C-]=O.CC(C)[C-]=O.CC(C)[C-]=O.[Zr+4]. The second-order valence-electron chi connectivity index (χ2n) is 5.09.